The van der Waals surface area contributed by atoms with Crippen molar-refractivity contribution in [1.29, 1.82) is 0 Å². The van der Waals surface area contributed by atoms with Gasteiger partial charge < -0.3 is 25.2 Å². The van der Waals surface area contributed by atoms with E-state index in [0.717, 1.165) is 51.4 Å². The molecule has 0 aliphatic heterocycles. The van der Waals surface area contributed by atoms with Crippen molar-refractivity contribution in [3.8, 4) is 0 Å². The van der Waals surface area contributed by atoms with Crippen LogP contribution in [-0.4, -0.2) is 60.5 Å². The van der Waals surface area contributed by atoms with E-state index in [4.69, 9.17) is 29.4 Å². The summed E-state index contributed by atoms with van der Waals surface area (Å²) in [5, 5.41) is 8.91. The van der Waals surface area contributed by atoms with Crippen LogP contribution in [0.4, 0.5) is 0 Å². The van der Waals surface area contributed by atoms with Gasteiger partial charge in [0.15, 0.2) is 0 Å². The fourth-order valence-corrected chi connectivity index (χ4v) is 7.22. The lowest BCUT2D eigenvalue weighted by atomic mass is 10.1. The normalized spacial score (nSPS) is 14.1. The fraction of sp³-hybridized carbons (Fsp3) is 0.830. The van der Waals surface area contributed by atoms with Gasteiger partial charge in [0.1, 0.15) is 12.1 Å². The molecule has 0 radical (unpaired) electrons. The zero-order valence-electron chi connectivity index (χ0n) is 37.1. The lowest BCUT2D eigenvalue weighted by Gasteiger charge is -2.20. The Bertz CT molecular complexity index is 1070. The van der Waals surface area contributed by atoms with Crippen molar-refractivity contribution in [3.05, 3.63) is 36.5 Å². The van der Waals surface area contributed by atoms with E-state index in [-0.39, 0.29) is 13.0 Å². The second-order valence-electron chi connectivity index (χ2n) is 15.9. The highest BCUT2D eigenvalue weighted by molar-refractivity contribution is 7.47. The van der Waals surface area contributed by atoms with E-state index in [9.17, 15) is 19.0 Å². The van der Waals surface area contributed by atoms with E-state index in [1.807, 2.05) is 0 Å². The first-order chi connectivity index (χ1) is 28.2. The molecule has 340 valence electrons. The number of carbonyl (C=O) groups excluding carboxylic acids is 1. The van der Waals surface area contributed by atoms with Gasteiger partial charge in [-0.2, -0.15) is 0 Å². The number of carbonyl (C=O) groups is 2. The molecule has 0 saturated carbocycles. The molecule has 0 aromatic heterocycles. The van der Waals surface area contributed by atoms with Crippen LogP contribution >= 0.6 is 7.82 Å². The summed E-state index contributed by atoms with van der Waals surface area (Å²) < 4.78 is 33.4. The lowest BCUT2D eigenvalue weighted by Crippen LogP contribution is -2.34. The minimum absolute atomic E-state index is 0.0100. The van der Waals surface area contributed by atoms with Gasteiger partial charge in [0.2, 0.25) is 0 Å². The Morgan fingerprint density at radius 3 is 1.47 bits per heavy atom. The average molecular weight is 842 g/mol. The van der Waals surface area contributed by atoms with Crippen molar-refractivity contribution in [3.63, 3.8) is 0 Å². The number of ether oxygens (including phenoxy) is 2. The molecule has 10 nitrogen and oxygen atoms in total. The minimum Gasteiger partial charge on any atom is -0.480 e. The van der Waals surface area contributed by atoms with Gasteiger partial charge in [0.05, 0.1) is 19.8 Å². The largest absolute Gasteiger partial charge is 0.480 e. The van der Waals surface area contributed by atoms with Crippen LogP contribution in [0.3, 0.4) is 0 Å². The highest BCUT2D eigenvalue weighted by Crippen LogP contribution is 2.43. The summed E-state index contributed by atoms with van der Waals surface area (Å²) >= 11 is 0. The molecular weight excluding hydrogens is 753 g/mol. The molecule has 0 aliphatic carbocycles. The maximum Gasteiger partial charge on any atom is 0.472 e. The first-order valence-electron chi connectivity index (χ1n) is 23.5. The van der Waals surface area contributed by atoms with Crippen molar-refractivity contribution in [2.24, 2.45) is 5.73 Å². The Kier molecular flexibility index (Phi) is 41.9. The molecule has 0 aliphatic rings. The number of rotatable bonds is 45. The Hall–Kier alpha value is -1.81. The van der Waals surface area contributed by atoms with E-state index < -0.39 is 45.1 Å². The van der Waals surface area contributed by atoms with Crippen LogP contribution in [0.1, 0.15) is 213 Å². The summed E-state index contributed by atoms with van der Waals surface area (Å²) in [5.41, 5.74) is 5.36. The van der Waals surface area contributed by atoms with E-state index in [0.29, 0.717) is 13.0 Å². The quantitative estimate of drug-likeness (QED) is 0.0233. The Balaban J connectivity index is 4.18. The maximum atomic E-state index is 12.7. The minimum atomic E-state index is -4.62. The number of aliphatic carboxylic acids is 1. The van der Waals surface area contributed by atoms with Gasteiger partial charge in [-0.25, -0.2) is 4.57 Å². The number of carboxylic acids is 1. The third kappa shape index (κ3) is 42.3. The number of phosphoric acid groups is 1. The number of hydrogen-bond acceptors (Lipinski definition) is 8. The summed E-state index contributed by atoms with van der Waals surface area (Å²) in [6.07, 6.45) is 49.1. The van der Waals surface area contributed by atoms with Gasteiger partial charge >= 0.3 is 19.8 Å². The number of nitrogens with two attached hydrogens (primary N) is 1. The number of phosphoric ester groups is 1. The molecule has 0 fully saturated rings. The van der Waals surface area contributed by atoms with Crippen LogP contribution in [0.15, 0.2) is 36.5 Å². The average Bonchev–Trinajstić information content (AvgIpc) is 3.20. The van der Waals surface area contributed by atoms with Crippen molar-refractivity contribution in [2.75, 3.05) is 26.4 Å². The molecule has 0 amide bonds. The number of carboxylic acid groups (broad SMARTS) is 1. The van der Waals surface area contributed by atoms with Crippen LogP contribution < -0.4 is 5.73 Å². The highest BCUT2D eigenvalue weighted by Gasteiger charge is 2.27. The van der Waals surface area contributed by atoms with E-state index in [1.54, 1.807) is 0 Å². The summed E-state index contributed by atoms with van der Waals surface area (Å²) in [4.78, 5) is 33.6. The van der Waals surface area contributed by atoms with Crippen LogP contribution in [0.2, 0.25) is 0 Å². The highest BCUT2D eigenvalue weighted by atomic mass is 31.2. The zero-order chi connectivity index (χ0) is 42.6. The molecule has 0 saturated heterocycles. The summed E-state index contributed by atoms with van der Waals surface area (Å²) in [6, 6.07) is -1.47. The SMILES string of the molecule is CCCC/C=C\C/C=C\CCCCCCCCOCC(COP(=O)(O)OCC(N)C(=O)O)OC(=O)CCCCCCCCCCC/C=C\CCCCCCCCCC. The third-order valence-corrected chi connectivity index (χ3v) is 11.1. The molecule has 0 spiro atoms. The predicted octanol–water partition coefficient (Wildman–Crippen LogP) is 13.3. The molecule has 4 N–H and O–H groups in total. The molecule has 0 aromatic carbocycles. The molecule has 11 heteroatoms. The summed E-state index contributed by atoms with van der Waals surface area (Å²) in [5.74, 6) is -1.78. The Labute approximate surface area is 355 Å². The molecule has 3 unspecified atom stereocenters. The zero-order valence-corrected chi connectivity index (χ0v) is 38.0. The topological polar surface area (TPSA) is 155 Å². The van der Waals surface area contributed by atoms with Crippen molar-refractivity contribution in [1.82, 2.24) is 0 Å². The van der Waals surface area contributed by atoms with Crippen molar-refractivity contribution < 1.29 is 42.7 Å². The first-order valence-corrected chi connectivity index (χ1v) is 25.0. The van der Waals surface area contributed by atoms with Crippen LogP contribution in [0.5, 0.6) is 0 Å². The summed E-state index contributed by atoms with van der Waals surface area (Å²) in [7, 11) is -4.62. The molecular formula is C47H88NO9P. The molecule has 0 aromatic rings. The maximum absolute atomic E-state index is 12.7. The molecule has 0 rings (SSSR count). The van der Waals surface area contributed by atoms with Crippen LogP contribution in [-0.2, 0) is 32.7 Å². The molecule has 3 atom stereocenters. The van der Waals surface area contributed by atoms with Crippen LogP contribution in [0, 0.1) is 0 Å². The van der Waals surface area contributed by atoms with Gasteiger partial charge in [0.25, 0.3) is 0 Å². The number of esters is 1. The van der Waals surface area contributed by atoms with E-state index in [1.165, 1.54) is 135 Å². The van der Waals surface area contributed by atoms with Gasteiger partial charge in [-0.15, -0.1) is 0 Å². The predicted molar refractivity (Wildman–Crippen MR) is 240 cm³/mol. The smallest absolute Gasteiger partial charge is 0.472 e. The summed E-state index contributed by atoms with van der Waals surface area (Å²) in [6.45, 7) is 3.83. The number of hydrogen-bond donors (Lipinski definition) is 3. The van der Waals surface area contributed by atoms with Gasteiger partial charge in [-0.3, -0.25) is 18.6 Å². The van der Waals surface area contributed by atoms with Crippen LogP contribution in [0.25, 0.3) is 0 Å². The Morgan fingerprint density at radius 1 is 0.552 bits per heavy atom. The van der Waals surface area contributed by atoms with E-state index in [2.05, 4.69) is 50.3 Å². The first kappa shape index (κ1) is 56.2. The lowest BCUT2D eigenvalue weighted by molar-refractivity contribution is -0.154. The number of unbranched alkanes of at least 4 members (excludes halogenated alkanes) is 25. The molecule has 0 bridgehead atoms. The standard InChI is InChI=1S/C47H88NO9P/c1-3-5-7-9-11-13-15-17-19-20-21-22-23-24-25-27-29-31-33-35-37-39-46(49)57-44(42-55-58(52,53)56-43-45(48)47(50)51)41-54-40-38-36-34-32-30-28-26-18-16-14-12-10-8-6-4-2/h10,12,16,18,20-21,44-45H,3-9,11,13-15,17,19,22-43,48H2,1-2H3,(H,50,51)(H,52,53)/b12-10-,18-16-,21-20-. The fourth-order valence-electron chi connectivity index (χ4n) is 6.44. The monoisotopic (exact) mass is 842 g/mol. The second kappa shape index (κ2) is 43.3. The second-order valence-corrected chi connectivity index (χ2v) is 17.3. The van der Waals surface area contributed by atoms with Gasteiger partial charge in [0, 0.05) is 13.0 Å². The molecule has 58 heavy (non-hydrogen) atoms. The van der Waals surface area contributed by atoms with Crippen molar-refractivity contribution in [2.45, 2.75) is 225 Å². The van der Waals surface area contributed by atoms with Gasteiger partial charge in [-0.05, 0) is 64.2 Å². The van der Waals surface area contributed by atoms with Crippen molar-refractivity contribution >= 4 is 19.8 Å². The number of allylic oxidation sites excluding steroid dienone is 6. The third-order valence-electron chi connectivity index (χ3n) is 10.1. The van der Waals surface area contributed by atoms with Gasteiger partial charge in [-0.1, -0.05) is 179 Å². The Morgan fingerprint density at radius 2 is 0.966 bits per heavy atom. The molecule has 0 heterocycles. The van der Waals surface area contributed by atoms with E-state index >= 15 is 0 Å².